The lowest BCUT2D eigenvalue weighted by Crippen LogP contribution is -2.70. The van der Waals surface area contributed by atoms with Crippen molar-refractivity contribution in [1.29, 1.82) is 0 Å². The van der Waals surface area contributed by atoms with Crippen molar-refractivity contribution in [3.63, 3.8) is 0 Å². The second kappa shape index (κ2) is 18.8. The number of phenolic OH excluding ortho intramolecular Hbond substituents is 1. The van der Waals surface area contributed by atoms with Crippen LogP contribution in [0.3, 0.4) is 0 Å². The molecule has 0 aliphatic heterocycles. The fourth-order valence-corrected chi connectivity index (χ4v) is 11.2. The van der Waals surface area contributed by atoms with Crippen LogP contribution in [-0.2, 0) is 5.41 Å². The lowest BCUT2D eigenvalue weighted by atomic mass is 9.86. The normalized spacial score (nSPS) is 16.5. The van der Waals surface area contributed by atoms with Crippen molar-refractivity contribution >= 4 is 13.3 Å². The largest absolute Gasteiger partial charge is 0.508 e. The zero-order valence-electron chi connectivity index (χ0n) is 35.7. The van der Waals surface area contributed by atoms with E-state index in [9.17, 15) is 150 Å². The predicted octanol–water partition coefficient (Wildman–Crippen LogP) is 16.7. The Morgan fingerprint density at radius 1 is 0.307 bits per heavy atom. The van der Waals surface area contributed by atoms with Gasteiger partial charge in [-0.1, -0.05) is 38.1 Å². The van der Waals surface area contributed by atoms with Gasteiger partial charge in [-0.05, 0) is 35.2 Å². The van der Waals surface area contributed by atoms with E-state index in [1.165, 1.54) is 0 Å². The third-order valence-corrected chi connectivity index (χ3v) is 16.3. The molecule has 75 heavy (non-hydrogen) atoms. The summed E-state index contributed by atoms with van der Waals surface area (Å²) in [6.45, 7) is 2.26. The molecule has 0 aliphatic carbocycles. The fraction of sp³-hybridized carbons (Fsp3) is 0.824. The van der Waals surface area contributed by atoms with Crippen molar-refractivity contribution < 1.29 is 176 Å². The summed E-state index contributed by atoms with van der Waals surface area (Å²) in [7, 11) is -7.22. The molecule has 0 atom stereocenters. The van der Waals surface area contributed by atoms with Gasteiger partial charge in [0.15, 0.2) is 0 Å². The lowest BCUT2D eigenvalue weighted by Gasteiger charge is -2.43. The molecule has 1 aromatic rings. The summed E-state index contributed by atoms with van der Waals surface area (Å²) in [6, 6.07) is -10.8. The Morgan fingerprint density at radius 3 is 0.693 bits per heavy atom. The maximum Gasteiger partial charge on any atom is 0.460 e. The van der Waals surface area contributed by atoms with Crippen molar-refractivity contribution in [3.05, 3.63) is 23.8 Å². The Bertz CT molecular complexity index is 1960. The molecule has 1 aromatic carbocycles. The molecule has 0 saturated heterocycles. The van der Waals surface area contributed by atoms with Crippen molar-refractivity contribution in [2.45, 2.75) is 171 Å². The summed E-state index contributed by atoms with van der Waals surface area (Å²) < 4.78 is 545. The minimum Gasteiger partial charge on any atom is -0.508 e. The fourth-order valence-electron chi connectivity index (χ4n) is 6.34. The second-order valence-corrected chi connectivity index (χ2v) is 21.9. The van der Waals surface area contributed by atoms with Gasteiger partial charge in [0.2, 0.25) is 0 Å². The van der Waals surface area contributed by atoms with E-state index >= 15 is 26.3 Å². The van der Waals surface area contributed by atoms with Crippen LogP contribution in [0.4, 0.5) is 171 Å². The minimum atomic E-state index is -8.92. The highest BCUT2D eigenvalue weighted by Crippen LogP contribution is 2.65. The summed E-state index contributed by atoms with van der Waals surface area (Å²) in [5.74, 6) is -130. The van der Waals surface area contributed by atoms with Gasteiger partial charge >= 0.3 is 107 Å². The number of phenols is 1. The molecular formula is C34H25F39OSi. The molecule has 1 N–H and O–H groups in total. The molecule has 41 heteroatoms. The van der Waals surface area contributed by atoms with Gasteiger partial charge in [-0.3, -0.25) is 0 Å². The first-order valence-electron chi connectivity index (χ1n) is 18.7. The molecule has 0 aliphatic rings. The molecule has 0 fully saturated rings. The van der Waals surface area contributed by atoms with E-state index in [0.717, 1.165) is 20.8 Å². The van der Waals surface area contributed by atoms with Crippen LogP contribution in [0.25, 0.3) is 0 Å². The highest BCUT2D eigenvalue weighted by atomic mass is 28.3. The van der Waals surface area contributed by atoms with Gasteiger partial charge in [-0.25, -0.2) is 0 Å². The van der Waals surface area contributed by atoms with E-state index in [-0.39, 0.29) is 18.2 Å². The molecule has 444 valence electrons. The van der Waals surface area contributed by atoms with Crippen LogP contribution in [0, 0.1) is 0 Å². The quantitative estimate of drug-likeness (QED) is 0.0906. The van der Waals surface area contributed by atoms with Crippen LogP contribution in [-0.4, -0.2) is 121 Å². The first-order valence-corrected chi connectivity index (χ1v) is 21.3. The number of hydrogen-bond acceptors (Lipinski definition) is 1. The standard InChI is InChI=1S/C34H25F39OSi/c1-16(2,3)14-12-13(4-5-15(14)74)75(9-6-17(35,36)20(41,42)23(47,48)26(53,54)29(59,60)32(65,66)67,10-7-18(37,38)21(43,44)24(49,50)27(55,56)30(61,62)33(68,69)70)11-8-19(39,40)22(45,46)25(51,52)28(57,58)31(63,64)34(71,72)73/h4-5,12,74H,6-11H2,1-3H3. The van der Waals surface area contributed by atoms with E-state index in [0.29, 0.717) is 0 Å². The molecule has 1 rings (SSSR count). The zero-order valence-corrected chi connectivity index (χ0v) is 36.7. The first kappa shape index (κ1) is 69.5. The van der Waals surface area contributed by atoms with Crippen molar-refractivity contribution in [2.75, 3.05) is 0 Å². The summed E-state index contributed by atoms with van der Waals surface area (Å²) in [5, 5.41) is 8.29. The zero-order chi connectivity index (χ0) is 61.1. The van der Waals surface area contributed by atoms with Gasteiger partial charge in [-0.15, -0.1) is 0 Å². The van der Waals surface area contributed by atoms with Gasteiger partial charge < -0.3 is 5.11 Å². The van der Waals surface area contributed by atoms with Crippen molar-refractivity contribution in [3.8, 4) is 5.75 Å². The molecule has 0 unspecified atom stereocenters. The van der Waals surface area contributed by atoms with Crippen LogP contribution in [0.5, 0.6) is 5.75 Å². The lowest BCUT2D eigenvalue weighted by molar-refractivity contribution is -0.440. The van der Waals surface area contributed by atoms with Crippen LogP contribution in [0.1, 0.15) is 45.6 Å². The molecule has 1 nitrogen and oxygen atoms in total. The summed E-state index contributed by atoms with van der Waals surface area (Å²) in [5.41, 5.74) is -3.16. The number of benzene rings is 1. The number of halogens is 39. The molecule has 0 spiro atoms. The molecule has 0 bridgehead atoms. The maximum atomic E-state index is 15.3. The van der Waals surface area contributed by atoms with Crippen molar-refractivity contribution in [2.24, 2.45) is 0 Å². The minimum absolute atomic E-state index is 0.125. The van der Waals surface area contributed by atoms with Gasteiger partial charge in [0.05, 0.1) is 8.07 Å². The summed E-state index contributed by atoms with van der Waals surface area (Å²) in [4.78, 5) is 0. The molecule has 0 radical (unpaired) electrons. The number of hydrogen-bond donors (Lipinski definition) is 1. The Balaban J connectivity index is 4.68. The molecule has 0 amide bonds. The SMILES string of the molecule is CC(C)(C)c1cc([Si](CCC(F)(F)C(F)(F)C(F)(F)C(F)(F)C(F)(F)C(F)(F)F)(CCC(F)(F)C(F)(F)C(F)(F)C(F)(F)C(F)(F)C(F)(F)F)CCC(F)(F)C(F)(F)C(F)(F)C(F)(F)C(F)(F)C(F)(F)F)ccc1O. The Morgan fingerprint density at radius 2 is 0.507 bits per heavy atom. The smallest absolute Gasteiger partial charge is 0.460 e. The van der Waals surface area contributed by atoms with Gasteiger partial charge in [0, 0.05) is 19.3 Å². The van der Waals surface area contributed by atoms with E-state index < -0.39 is 175 Å². The monoisotopic (exact) mass is 1220 g/mol. The maximum absolute atomic E-state index is 15.3. The molecule has 0 heterocycles. The first-order chi connectivity index (χ1) is 32.0. The topological polar surface area (TPSA) is 20.2 Å². The average molecular weight is 1220 g/mol. The number of alkyl halides is 39. The molecule has 0 saturated carbocycles. The third-order valence-electron chi connectivity index (χ3n) is 11.2. The highest BCUT2D eigenvalue weighted by molar-refractivity contribution is 6.92. The second-order valence-electron chi connectivity index (χ2n) is 17.3. The van der Waals surface area contributed by atoms with Crippen LogP contribution >= 0.6 is 0 Å². The number of rotatable bonds is 22. The number of aromatic hydroxyl groups is 1. The van der Waals surface area contributed by atoms with Gasteiger partial charge in [0.25, 0.3) is 0 Å². The molecule has 0 aromatic heterocycles. The summed E-state index contributed by atoms with van der Waals surface area (Å²) >= 11 is 0. The predicted molar refractivity (Wildman–Crippen MR) is 173 cm³/mol. The van der Waals surface area contributed by atoms with E-state index in [2.05, 4.69) is 0 Å². The Kier molecular flexibility index (Phi) is 17.5. The van der Waals surface area contributed by atoms with E-state index in [4.69, 9.17) is 0 Å². The van der Waals surface area contributed by atoms with Crippen LogP contribution in [0.2, 0.25) is 18.1 Å². The summed E-state index contributed by atoms with van der Waals surface area (Å²) in [6.07, 6.45) is -36.8. The van der Waals surface area contributed by atoms with Gasteiger partial charge in [-0.2, -0.15) is 171 Å². The molecular weight excluding hydrogens is 1190 g/mol. The van der Waals surface area contributed by atoms with Crippen LogP contribution < -0.4 is 5.19 Å². The van der Waals surface area contributed by atoms with Crippen LogP contribution in [0.15, 0.2) is 18.2 Å². The average Bonchev–Trinajstić information content (AvgIpc) is 3.18. The third kappa shape index (κ3) is 10.5. The highest BCUT2D eigenvalue weighted by Gasteiger charge is 2.93. The van der Waals surface area contributed by atoms with Crippen molar-refractivity contribution in [1.82, 2.24) is 0 Å². The van der Waals surface area contributed by atoms with E-state index in [1.54, 1.807) is 0 Å². The Hall–Kier alpha value is -3.49. The Labute approximate surface area is 390 Å². The van der Waals surface area contributed by atoms with E-state index in [1.807, 2.05) is 0 Å². The van der Waals surface area contributed by atoms with Gasteiger partial charge in [0.1, 0.15) is 5.75 Å².